The summed E-state index contributed by atoms with van der Waals surface area (Å²) in [5.41, 5.74) is 6.55. The first-order valence-corrected chi connectivity index (χ1v) is 5.56. The second-order valence-electron chi connectivity index (χ2n) is 3.68. The number of hydroxylamine groups is 2. The van der Waals surface area contributed by atoms with Crippen molar-refractivity contribution in [2.75, 3.05) is 18.9 Å². The molecular weight excluding hydrogens is 228 g/mol. The summed E-state index contributed by atoms with van der Waals surface area (Å²) in [4.78, 5) is 17.2. The number of hydrogen-bond acceptors (Lipinski definition) is 3. The molecule has 1 aliphatic heterocycles. The van der Waals surface area contributed by atoms with Crippen LogP contribution in [0.15, 0.2) is 18.2 Å². The number of nitrogen functional groups attached to an aromatic ring is 1. The van der Waals surface area contributed by atoms with E-state index in [-0.39, 0.29) is 5.91 Å². The van der Waals surface area contributed by atoms with Crippen LogP contribution < -0.4 is 5.73 Å². The lowest BCUT2D eigenvalue weighted by Crippen LogP contribution is -2.35. The van der Waals surface area contributed by atoms with Gasteiger partial charge in [-0.2, -0.15) is 0 Å². The Hall–Kier alpha value is -1.26. The van der Waals surface area contributed by atoms with E-state index < -0.39 is 0 Å². The fourth-order valence-electron chi connectivity index (χ4n) is 1.58. The number of hydrogen-bond donors (Lipinski definition) is 1. The first kappa shape index (κ1) is 11.2. The van der Waals surface area contributed by atoms with Gasteiger partial charge in [-0.15, -0.1) is 0 Å². The van der Waals surface area contributed by atoms with Crippen LogP contribution in [0.4, 0.5) is 5.69 Å². The molecule has 4 nitrogen and oxygen atoms in total. The van der Waals surface area contributed by atoms with Crippen molar-refractivity contribution in [3.05, 3.63) is 28.8 Å². The van der Waals surface area contributed by atoms with Gasteiger partial charge >= 0.3 is 0 Å². The van der Waals surface area contributed by atoms with Gasteiger partial charge < -0.3 is 5.73 Å². The van der Waals surface area contributed by atoms with Crippen molar-refractivity contribution in [2.45, 2.75) is 12.8 Å². The minimum atomic E-state index is -0.164. The molecule has 16 heavy (non-hydrogen) atoms. The maximum Gasteiger partial charge on any atom is 0.277 e. The third-order valence-corrected chi connectivity index (χ3v) is 2.82. The van der Waals surface area contributed by atoms with E-state index in [1.54, 1.807) is 18.2 Å². The van der Waals surface area contributed by atoms with Crippen LogP contribution in [0.2, 0.25) is 5.02 Å². The Morgan fingerprint density at radius 1 is 1.44 bits per heavy atom. The molecule has 0 unspecified atom stereocenters. The van der Waals surface area contributed by atoms with Crippen LogP contribution in [-0.4, -0.2) is 24.1 Å². The standard InChI is InChI=1S/C11H13ClN2O2/c12-9-4-3-8(7-10(9)13)11(15)14-5-1-2-6-16-14/h3-4,7H,1-2,5-6,13H2. The van der Waals surface area contributed by atoms with Crippen LogP contribution in [-0.2, 0) is 4.84 Å². The molecule has 1 heterocycles. The summed E-state index contributed by atoms with van der Waals surface area (Å²) in [6, 6.07) is 4.84. The highest BCUT2D eigenvalue weighted by Crippen LogP contribution is 2.21. The molecule has 0 bridgehead atoms. The first-order valence-electron chi connectivity index (χ1n) is 5.18. The number of anilines is 1. The summed E-state index contributed by atoms with van der Waals surface area (Å²) in [5.74, 6) is -0.164. The largest absolute Gasteiger partial charge is 0.398 e. The van der Waals surface area contributed by atoms with E-state index in [0.29, 0.717) is 29.4 Å². The Bertz CT molecular complexity index is 403. The zero-order chi connectivity index (χ0) is 11.5. The molecule has 1 amide bonds. The van der Waals surface area contributed by atoms with Gasteiger partial charge in [0.25, 0.3) is 5.91 Å². The zero-order valence-corrected chi connectivity index (χ0v) is 9.54. The molecule has 1 aromatic carbocycles. The van der Waals surface area contributed by atoms with Crippen molar-refractivity contribution in [3.63, 3.8) is 0 Å². The number of nitrogens with two attached hydrogens (primary N) is 1. The third kappa shape index (κ3) is 2.28. The average molecular weight is 241 g/mol. The lowest BCUT2D eigenvalue weighted by Gasteiger charge is -2.25. The van der Waals surface area contributed by atoms with Crippen LogP contribution in [0.5, 0.6) is 0 Å². The second kappa shape index (κ2) is 4.72. The molecule has 0 aliphatic carbocycles. The van der Waals surface area contributed by atoms with E-state index in [1.165, 1.54) is 5.06 Å². The quantitative estimate of drug-likeness (QED) is 0.765. The van der Waals surface area contributed by atoms with E-state index in [4.69, 9.17) is 22.2 Å². The minimum Gasteiger partial charge on any atom is -0.398 e. The van der Waals surface area contributed by atoms with Gasteiger partial charge in [-0.25, -0.2) is 5.06 Å². The van der Waals surface area contributed by atoms with E-state index in [0.717, 1.165) is 12.8 Å². The Kier molecular flexibility index (Phi) is 3.31. The Labute approximate surface area is 98.9 Å². The Morgan fingerprint density at radius 3 is 2.88 bits per heavy atom. The van der Waals surface area contributed by atoms with Gasteiger partial charge in [-0.1, -0.05) is 11.6 Å². The van der Waals surface area contributed by atoms with Crippen LogP contribution >= 0.6 is 11.6 Å². The molecule has 0 atom stereocenters. The van der Waals surface area contributed by atoms with Crippen LogP contribution in [0.1, 0.15) is 23.2 Å². The zero-order valence-electron chi connectivity index (χ0n) is 8.78. The second-order valence-corrected chi connectivity index (χ2v) is 4.09. The van der Waals surface area contributed by atoms with Gasteiger partial charge in [0.05, 0.1) is 17.3 Å². The summed E-state index contributed by atoms with van der Waals surface area (Å²) in [5, 5.41) is 1.84. The molecule has 5 heteroatoms. The summed E-state index contributed by atoms with van der Waals surface area (Å²) < 4.78 is 0. The maximum absolute atomic E-state index is 12.0. The molecule has 1 aromatic rings. The molecule has 1 fully saturated rings. The van der Waals surface area contributed by atoms with Crippen molar-refractivity contribution in [3.8, 4) is 0 Å². The Morgan fingerprint density at radius 2 is 2.25 bits per heavy atom. The number of rotatable bonds is 1. The van der Waals surface area contributed by atoms with E-state index in [9.17, 15) is 4.79 Å². The van der Waals surface area contributed by atoms with Crippen LogP contribution in [0.3, 0.4) is 0 Å². The van der Waals surface area contributed by atoms with Gasteiger partial charge in [-0.05, 0) is 31.0 Å². The molecule has 1 saturated heterocycles. The van der Waals surface area contributed by atoms with Crippen molar-refractivity contribution < 1.29 is 9.63 Å². The average Bonchev–Trinajstić information content (AvgIpc) is 2.33. The lowest BCUT2D eigenvalue weighted by molar-refractivity contribution is -0.144. The lowest BCUT2D eigenvalue weighted by atomic mass is 10.2. The fourth-order valence-corrected chi connectivity index (χ4v) is 1.70. The molecule has 2 rings (SSSR count). The van der Waals surface area contributed by atoms with Crippen LogP contribution in [0, 0.1) is 0 Å². The number of carbonyl (C=O) groups is 1. The summed E-state index contributed by atoms with van der Waals surface area (Å²) in [6.07, 6.45) is 1.96. The van der Waals surface area contributed by atoms with Crippen molar-refractivity contribution in [1.29, 1.82) is 0 Å². The van der Waals surface area contributed by atoms with Gasteiger partial charge in [0.15, 0.2) is 0 Å². The summed E-state index contributed by atoms with van der Waals surface area (Å²) >= 11 is 5.79. The number of carbonyl (C=O) groups excluding carboxylic acids is 1. The van der Waals surface area contributed by atoms with E-state index >= 15 is 0 Å². The van der Waals surface area contributed by atoms with E-state index in [1.807, 2.05) is 0 Å². The van der Waals surface area contributed by atoms with Gasteiger partial charge in [0.2, 0.25) is 0 Å². The third-order valence-electron chi connectivity index (χ3n) is 2.47. The highest BCUT2D eigenvalue weighted by Gasteiger charge is 2.19. The molecule has 0 saturated carbocycles. The summed E-state index contributed by atoms with van der Waals surface area (Å²) in [7, 11) is 0. The molecular formula is C11H13ClN2O2. The van der Waals surface area contributed by atoms with E-state index in [2.05, 4.69) is 0 Å². The monoisotopic (exact) mass is 240 g/mol. The highest BCUT2D eigenvalue weighted by molar-refractivity contribution is 6.33. The maximum atomic E-state index is 12.0. The van der Waals surface area contributed by atoms with Crippen LogP contribution in [0.25, 0.3) is 0 Å². The topological polar surface area (TPSA) is 55.6 Å². The molecule has 0 aromatic heterocycles. The van der Waals surface area contributed by atoms with Gasteiger partial charge in [0.1, 0.15) is 0 Å². The predicted octanol–water partition coefficient (Wildman–Crippen LogP) is 2.09. The molecule has 1 aliphatic rings. The molecule has 2 N–H and O–H groups in total. The SMILES string of the molecule is Nc1cc(C(=O)N2CCCCO2)ccc1Cl. The predicted molar refractivity (Wildman–Crippen MR) is 62.1 cm³/mol. The normalized spacial score (nSPS) is 16.2. The first-order chi connectivity index (χ1) is 7.68. The molecule has 86 valence electrons. The minimum absolute atomic E-state index is 0.164. The molecule has 0 spiro atoms. The number of amides is 1. The van der Waals surface area contributed by atoms with Gasteiger partial charge in [0, 0.05) is 12.1 Å². The number of halogens is 1. The smallest absolute Gasteiger partial charge is 0.277 e. The van der Waals surface area contributed by atoms with Crippen molar-refractivity contribution >= 4 is 23.2 Å². The Balaban J connectivity index is 2.16. The highest BCUT2D eigenvalue weighted by atomic mass is 35.5. The summed E-state index contributed by atoms with van der Waals surface area (Å²) in [6.45, 7) is 1.22. The number of benzene rings is 1. The number of nitrogens with zero attached hydrogens (tertiary/aromatic N) is 1. The van der Waals surface area contributed by atoms with Crippen molar-refractivity contribution in [1.82, 2.24) is 5.06 Å². The van der Waals surface area contributed by atoms with Crippen molar-refractivity contribution in [2.24, 2.45) is 0 Å². The van der Waals surface area contributed by atoms with Gasteiger partial charge in [-0.3, -0.25) is 9.63 Å². The fraction of sp³-hybridized carbons (Fsp3) is 0.364. The molecule has 0 radical (unpaired) electrons.